The molecule has 0 saturated carbocycles. The molecule has 0 spiro atoms. The molecule has 0 atom stereocenters. The zero-order chi connectivity index (χ0) is 6.57. The van der Waals surface area contributed by atoms with Crippen molar-refractivity contribution in [1.82, 2.24) is 5.32 Å². The van der Waals surface area contributed by atoms with E-state index in [1.165, 1.54) is 0 Å². The molecule has 0 bridgehead atoms. The number of carbonyl (C=O) groups excluding carboxylic acids is 1. The number of hydrogen-bond acceptors (Lipinski definition) is 1. The van der Waals surface area contributed by atoms with Gasteiger partial charge in [0, 0.05) is 13.1 Å². The Labute approximate surface area is 51.9 Å². The molecule has 0 aromatic rings. The van der Waals surface area contributed by atoms with E-state index in [4.69, 9.17) is 0 Å². The summed E-state index contributed by atoms with van der Waals surface area (Å²) in [7, 11) is -0.559. The molecular weight excluding hydrogens is 118 g/mol. The zero-order valence-electron chi connectivity index (χ0n) is 5.69. The summed E-state index contributed by atoms with van der Waals surface area (Å²) >= 11 is 0. The van der Waals surface area contributed by atoms with Crippen molar-refractivity contribution >= 4 is 14.7 Å². The van der Waals surface area contributed by atoms with Crippen LogP contribution in [0.15, 0.2) is 0 Å². The summed E-state index contributed by atoms with van der Waals surface area (Å²) in [5.41, 5.74) is 0. The third kappa shape index (κ3) is 5.69. The molecular formula is C5H13NOSi. The largest absolute Gasteiger partial charge is 0.360 e. The summed E-state index contributed by atoms with van der Waals surface area (Å²) in [5.74, 6) is 0.0891. The minimum absolute atomic E-state index is 0.0891. The third-order valence-corrected chi connectivity index (χ3v) is 1.78. The molecule has 0 unspecified atom stereocenters. The van der Waals surface area contributed by atoms with E-state index in [0.29, 0.717) is 0 Å². The Morgan fingerprint density at radius 1 is 1.62 bits per heavy atom. The fourth-order valence-corrected chi connectivity index (χ4v) is 1.04. The van der Waals surface area contributed by atoms with Crippen LogP contribution in [0.4, 0.5) is 0 Å². The summed E-state index contributed by atoms with van der Waals surface area (Å²) < 4.78 is 0. The van der Waals surface area contributed by atoms with Crippen LogP contribution in [-0.2, 0) is 4.79 Å². The van der Waals surface area contributed by atoms with Crippen molar-refractivity contribution in [1.29, 1.82) is 0 Å². The average molecular weight is 131 g/mol. The molecule has 0 aromatic carbocycles. The van der Waals surface area contributed by atoms with Crippen LogP contribution < -0.4 is 5.32 Å². The van der Waals surface area contributed by atoms with Gasteiger partial charge in [-0.05, 0) is 0 Å². The molecule has 0 aromatic heterocycles. The number of nitrogens with one attached hydrogen (secondary N) is 1. The first-order valence-corrected chi connectivity index (χ1v) is 6.00. The van der Waals surface area contributed by atoms with Crippen LogP contribution in [0.1, 0.15) is 6.92 Å². The Kier molecular flexibility index (Phi) is 3.52. The highest BCUT2D eigenvalue weighted by atomic mass is 28.3. The Bertz CT molecular complexity index is 82.5. The van der Waals surface area contributed by atoms with E-state index in [-0.39, 0.29) is 5.91 Å². The third-order valence-electron chi connectivity index (χ3n) is 0.759. The van der Waals surface area contributed by atoms with E-state index in [1.54, 1.807) is 6.92 Å². The normalized spacial score (nSPS) is 9.50. The maximum Gasteiger partial charge on any atom is 0.216 e. The van der Waals surface area contributed by atoms with Gasteiger partial charge in [-0.15, -0.1) is 0 Å². The SMILES string of the molecule is CC(=O)NC[SiH](C)C. The van der Waals surface area contributed by atoms with Gasteiger partial charge in [-0.25, -0.2) is 0 Å². The van der Waals surface area contributed by atoms with Crippen molar-refractivity contribution in [3.05, 3.63) is 0 Å². The van der Waals surface area contributed by atoms with Crippen LogP contribution in [0, 0.1) is 0 Å². The molecule has 3 heteroatoms. The highest BCUT2D eigenvalue weighted by Gasteiger charge is 1.94. The Morgan fingerprint density at radius 2 is 2.12 bits per heavy atom. The number of amides is 1. The van der Waals surface area contributed by atoms with Crippen LogP contribution in [0.2, 0.25) is 13.1 Å². The van der Waals surface area contributed by atoms with Gasteiger partial charge in [0.1, 0.15) is 0 Å². The summed E-state index contributed by atoms with van der Waals surface area (Å²) in [6, 6.07) is 0. The summed E-state index contributed by atoms with van der Waals surface area (Å²) in [5, 5.41) is 2.77. The fourth-order valence-electron chi connectivity index (χ4n) is 0.348. The standard InChI is InChI=1S/C5H13NOSi/c1-5(7)6-4-8(2)3/h8H,4H2,1-3H3,(H,6,7). The van der Waals surface area contributed by atoms with E-state index in [1.807, 2.05) is 0 Å². The topological polar surface area (TPSA) is 29.1 Å². The van der Waals surface area contributed by atoms with Gasteiger partial charge in [-0.3, -0.25) is 4.79 Å². The number of hydrogen-bond donors (Lipinski definition) is 1. The Hall–Kier alpha value is -0.313. The molecule has 0 aliphatic carbocycles. The molecule has 0 fully saturated rings. The Balaban J connectivity index is 3.05. The van der Waals surface area contributed by atoms with Crippen LogP contribution in [0.25, 0.3) is 0 Å². The molecule has 2 nitrogen and oxygen atoms in total. The molecule has 0 aliphatic rings. The van der Waals surface area contributed by atoms with E-state index in [2.05, 4.69) is 18.4 Å². The minimum Gasteiger partial charge on any atom is -0.360 e. The Morgan fingerprint density at radius 3 is 2.25 bits per heavy atom. The van der Waals surface area contributed by atoms with Gasteiger partial charge in [0.15, 0.2) is 0 Å². The summed E-state index contributed by atoms with van der Waals surface area (Å²) in [4.78, 5) is 10.3. The first-order valence-electron chi connectivity index (χ1n) is 2.87. The van der Waals surface area contributed by atoms with Crippen molar-refractivity contribution < 1.29 is 4.79 Å². The lowest BCUT2D eigenvalue weighted by Gasteiger charge is -2.01. The van der Waals surface area contributed by atoms with Crippen LogP contribution >= 0.6 is 0 Å². The van der Waals surface area contributed by atoms with Crippen molar-refractivity contribution in [2.45, 2.75) is 20.0 Å². The lowest BCUT2D eigenvalue weighted by atomic mass is 10.7. The van der Waals surface area contributed by atoms with Gasteiger partial charge in [0.05, 0.1) is 8.80 Å². The lowest BCUT2D eigenvalue weighted by Crippen LogP contribution is -2.29. The second-order valence-electron chi connectivity index (χ2n) is 2.33. The van der Waals surface area contributed by atoms with Crippen LogP contribution in [0.3, 0.4) is 0 Å². The second kappa shape index (κ2) is 3.66. The molecule has 0 heterocycles. The average Bonchev–Trinajstić information content (AvgIpc) is 1.61. The highest BCUT2D eigenvalue weighted by Crippen LogP contribution is 1.73. The lowest BCUT2D eigenvalue weighted by molar-refractivity contribution is -0.118. The van der Waals surface area contributed by atoms with E-state index in [0.717, 1.165) is 6.17 Å². The number of carbonyl (C=O) groups is 1. The molecule has 0 saturated heterocycles. The minimum atomic E-state index is -0.559. The molecule has 48 valence electrons. The highest BCUT2D eigenvalue weighted by molar-refractivity contribution is 6.56. The zero-order valence-corrected chi connectivity index (χ0v) is 6.85. The first-order chi connectivity index (χ1) is 3.63. The molecule has 0 aliphatic heterocycles. The predicted octanol–water partition coefficient (Wildman–Crippen LogP) is 0.148. The quantitative estimate of drug-likeness (QED) is 0.531. The fraction of sp³-hybridized carbons (Fsp3) is 0.800. The van der Waals surface area contributed by atoms with Gasteiger partial charge in [-0.1, -0.05) is 13.1 Å². The van der Waals surface area contributed by atoms with E-state index >= 15 is 0 Å². The van der Waals surface area contributed by atoms with Crippen molar-refractivity contribution in [3.63, 3.8) is 0 Å². The van der Waals surface area contributed by atoms with Crippen molar-refractivity contribution in [2.75, 3.05) is 6.17 Å². The number of rotatable bonds is 2. The second-order valence-corrected chi connectivity index (χ2v) is 5.53. The predicted molar refractivity (Wildman–Crippen MR) is 37.6 cm³/mol. The monoisotopic (exact) mass is 131 g/mol. The van der Waals surface area contributed by atoms with E-state index in [9.17, 15) is 4.79 Å². The van der Waals surface area contributed by atoms with Crippen LogP contribution in [-0.4, -0.2) is 20.9 Å². The van der Waals surface area contributed by atoms with Gasteiger partial charge < -0.3 is 5.32 Å². The summed E-state index contributed by atoms with van der Waals surface area (Å²) in [6.07, 6.45) is 0.926. The first kappa shape index (κ1) is 7.69. The van der Waals surface area contributed by atoms with Gasteiger partial charge in [-0.2, -0.15) is 0 Å². The van der Waals surface area contributed by atoms with Crippen molar-refractivity contribution in [2.24, 2.45) is 0 Å². The molecule has 1 N–H and O–H groups in total. The van der Waals surface area contributed by atoms with Gasteiger partial charge >= 0.3 is 0 Å². The van der Waals surface area contributed by atoms with Crippen LogP contribution in [0.5, 0.6) is 0 Å². The summed E-state index contributed by atoms with van der Waals surface area (Å²) in [6.45, 7) is 5.96. The van der Waals surface area contributed by atoms with E-state index < -0.39 is 8.80 Å². The smallest absolute Gasteiger partial charge is 0.216 e. The molecule has 0 radical (unpaired) electrons. The van der Waals surface area contributed by atoms with Gasteiger partial charge in [0.2, 0.25) is 5.91 Å². The maximum absolute atomic E-state index is 10.3. The molecule has 8 heavy (non-hydrogen) atoms. The molecule has 0 rings (SSSR count). The van der Waals surface area contributed by atoms with Gasteiger partial charge in [0.25, 0.3) is 0 Å². The maximum atomic E-state index is 10.3. The van der Waals surface area contributed by atoms with Crippen molar-refractivity contribution in [3.8, 4) is 0 Å². The molecule has 1 amide bonds.